The van der Waals surface area contributed by atoms with Crippen molar-refractivity contribution in [2.45, 2.75) is 31.0 Å². The normalized spacial score (nSPS) is 37.9. The molecule has 15 heavy (non-hydrogen) atoms. The number of hydrogen-bond donors (Lipinski definition) is 5. The maximum absolute atomic E-state index is 10.5. The second-order valence-corrected chi connectivity index (χ2v) is 4.39. The molecule has 4 atom stereocenters. The highest BCUT2D eigenvalue weighted by Crippen LogP contribution is 2.40. The molecule has 1 rings (SSSR count). The zero-order chi connectivity index (χ0) is 11.6. The lowest BCUT2D eigenvalue weighted by molar-refractivity contribution is -0.245. The molecule has 0 aromatic carbocycles. The van der Waals surface area contributed by atoms with Crippen molar-refractivity contribution in [3.05, 3.63) is 0 Å². The van der Waals surface area contributed by atoms with Gasteiger partial charge in [-0.1, -0.05) is 0 Å². The average Bonchev–Trinajstić information content (AvgIpc) is 2.10. The van der Waals surface area contributed by atoms with Crippen LogP contribution in [0.25, 0.3) is 0 Å². The largest absolute Gasteiger partial charge is 0.472 e. The van der Waals surface area contributed by atoms with E-state index in [-0.39, 0.29) is 6.42 Å². The molecule has 1 heterocycles. The molecule has 0 aromatic heterocycles. The van der Waals surface area contributed by atoms with Crippen molar-refractivity contribution in [3.8, 4) is 0 Å². The summed E-state index contributed by atoms with van der Waals surface area (Å²) in [6.07, 6.45) is -5.31. The van der Waals surface area contributed by atoms with Gasteiger partial charge in [0, 0.05) is 6.42 Å². The van der Waals surface area contributed by atoms with Gasteiger partial charge in [0.15, 0.2) is 6.29 Å². The standard InChI is InChI=1S/C6H13O8P/c7-2-3-1-4(8)5(9)6(13-3)14-15(10,11)12/h3-9H,1-2H2,(H2,10,11,12)/t3-,4-,5+,6+/m0/s1. The number of aliphatic hydroxyl groups excluding tert-OH is 3. The average molecular weight is 244 g/mol. The Morgan fingerprint density at radius 1 is 1.40 bits per heavy atom. The third-order valence-electron chi connectivity index (χ3n) is 1.95. The lowest BCUT2D eigenvalue weighted by Gasteiger charge is -2.35. The molecular weight excluding hydrogens is 231 g/mol. The van der Waals surface area contributed by atoms with E-state index >= 15 is 0 Å². The Kier molecular flexibility index (Phi) is 4.21. The van der Waals surface area contributed by atoms with Gasteiger partial charge in [-0.3, -0.25) is 4.52 Å². The third kappa shape index (κ3) is 3.78. The number of phosphoric acid groups is 1. The van der Waals surface area contributed by atoms with Crippen LogP contribution in [0, 0.1) is 0 Å². The fourth-order valence-electron chi connectivity index (χ4n) is 1.26. The summed E-state index contributed by atoms with van der Waals surface area (Å²) in [7, 11) is -4.81. The van der Waals surface area contributed by atoms with Crippen LogP contribution in [0.3, 0.4) is 0 Å². The SMILES string of the molecule is O=P(O)(O)O[C@H]1O[C@H](CO)C[C@H](O)[C@H]1O. The lowest BCUT2D eigenvalue weighted by Crippen LogP contribution is -2.49. The lowest BCUT2D eigenvalue weighted by atomic mass is 10.0. The monoisotopic (exact) mass is 244 g/mol. The number of ether oxygens (including phenoxy) is 1. The van der Waals surface area contributed by atoms with Gasteiger partial charge in [-0.15, -0.1) is 0 Å². The molecule has 9 heteroatoms. The van der Waals surface area contributed by atoms with Crippen LogP contribution in [-0.2, 0) is 13.8 Å². The van der Waals surface area contributed by atoms with Crippen LogP contribution in [0.4, 0.5) is 0 Å². The fraction of sp³-hybridized carbons (Fsp3) is 1.00. The predicted molar refractivity (Wildman–Crippen MR) is 45.5 cm³/mol. The summed E-state index contributed by atoms with van der Waals surface area (Å²) in [6, 6.07) is 0. The van der Waals surface area contributed by atoms with Crippen molar-refractivity contribution >= 4 is 7.82 Å². The van der Waals surface area contributed by atoms with E-state index in [0.29, 0.717) is 0 Å². The minimum atomic E-state index is -4.81. The first-order chi connectivity index (χ1) is 6.83. The first-order valence-corrected chi connectivity index (χ1v) is 5.73. The molecule has 0 amide bonds. The number of rotatable bonds is 3. The summed E-state index contributed by atoms with van der Waals surface area (Å²) in [6.45, 7) is -0.440. The molecule has 0 unspecified atom stereocenters. The van der Waals surface area contributed by atoms with Crippen LogP contribution >= 0.6 is 7.82 Å². The Hall–Kier alpha value is -0.0500. The summed E-state index contributed by atoms with van der Waals surface area (Å²) >= 11 is 0. The van der Waals surface area contributed by atoms with Gasteiger partial charge in [0.25, 0.3) is 0 Å². The van der Waals surface area contributed by atoms with Crippen molar-refractivity contribution in [1.82, 2.24) is 0 Å². The Labute approximate surface area is 85.3 Å². The van der Waals surface area contributed by atoms with E-state index < -0.39 is 39.0 Å². The van der Waals surface area contributed by atoms with Crippen LogP contribution in [0.1, 0.15) is 6.42 Å². The van der Waals surface area contributed by atoms with Crippen LogP contribution in [0.2, 0.25) is 0 Å². The molecule has 8 nitrogen and oxygen atoms in total. The highest BCUT2D eigenvalue weighted by atomic mass is 31.2. The quantitative estimate of drug-likeness (QED) is 0.357. The molecule has 0 aromatic rings. The van der Waals surface area contributed by atoms with E-state index in [4.69, 9.17) is 19.6 Å². The van der Waals surface area contributed by atoms with E-state index in [1.807, 2.05) is 0 Å². The minimum absolute atomic E-state index is 0.0291. The third-order valence-corrected chi connectivity index (χ3v) is 2.43. The summed E-state index contributed by atoms with van der Waals surface area (Å²) in [5.41, 5.74) is 0. The topological polar surface area (TPSA) is 137 Å². The van der Waals surface area contributed by atoms with Gasteiger partial charge in [0.1, 0.15) is 6.10 Å². The van der Waals surface area contributed by atoms with Gasteiger partial charge in [0.2, 0.25) is 0 Å². The second kappa shape index (κ2) is 4.86. The highest BCUT2D eigenvalue weighted by Gasteiger charge is 2.40. The molecule has 1 fully saturated rings. The Morgan fingerprint density at radius 2 is 2.00 bits per heavy atom. The zero-order valence-corrected chi connectivity index (χ0v) is 8.53. The zero-order valence-electron chi connectivity index (χ0n) is 7.63. The smallest absolute Gasteiger partial charge is 0.394 e. The molecule has 5 N–H and O–H groups in total. The fourth-order valence-corrected chi connectivity index (χ4v) is 1.70. The van der Waals surface area contributed by atoms with Gasteiger partial charge in [-0.05, 0) is 0 Å². The Morgan fingerprint density at radius 3 is 2.47 bits per heavy atom. The van der Waals surface area contributed by atoms with Gasteiger partial charge < -0.3 is 29.8 Å². The second-order valence-electron chi connectivity index (χ2n) is 3.20. The van der Waals surface area contributed by atoms with Gasteiger partial charge in [-0.2, -0.15) is 0 Å². The highest BCUT2D eigenvalue weighted by molar-refractivity contribution is 7.46. The maximum Gasteiger partial charge on any atom is 0.472 e. The summed E-state index contributed by atoms with van der Waals surface area (Å²) in [4.78, 5) is 17.0. The number of aliphatic hydroxyl groups is 3. The van der Waals surface area contributed by atoms with E-state index in [1.165, 1.54) is 0 Å². The number of phosphoric ester groups is 1. The summed E-state index contributed by atoms with van der Waals surface area (Å²) in [5, 5.41) is 27.3. The first kappa shape index (κ1) is 13.0. The first-order valence-electron chi connectivity index (χ1n) is 4.20. The molecule has 0 saturated carbocycles. The van der Waals surface area contributed by atoms with E-state index in [1.54, 1.807) is 0 Å². The van der Waals surface area contributed by atoms with Crippen molar-refractivity contribution in [2.24, 2.45) is 0 Å². The minimum Gasteiger partial charge on any atom is -0.394 e. The van der Waals surface area contributed by atoms with Crippen molar-refractivity contribution in [3.63, 3.8) is 0 Å². The van der Waals surface area contributed by atoms with Crippen LogP contribution in [-0.4, -0.2) is 56.3 Å². The molecule has 1 aliphatic heterocycles. The van der Waals surface area contributed by atoms with E-state index in [9.17, 15) is 14.8 Å². The van der Waals surface area contributed by atoms with E-state index in [0.717, 1.165) is 0 Å². The Balaban J connectivity index is 2.64. The van der Waals surface area contributed by atoms with Gasteiger partial charge in [-0.25, -0.2) is 4.57 Å². The predicted octanol–water partition coefficient (Wildman–Crippen LogP) is -2.08. The van der Waals surface area contributed by atoms with Crippen molar-refractivity contribution < 1.29 is 38.9 Å². The molecule has 0 bridgehead atoms. The molecule has 1 saturated heterocycles. The molecule has 0 spiro atoms. The van der Waals surface area contributed by atoms with Crippen LogP contribution in [0.5, 0.6) is 0 Å². The van der Waals surface area contributed by atoms with Crippen molar-refractivity contribution in [1.29, 1.82) is 0 Å². The maximum atomic E-state index is 10.5. The van der Waals surface area contributed by atoms with Crippen LogP contribution in [0.15, 0.2) is 0 Å². The molecule has 90 valence electrons. The Bertz CT molecular complexity index is 252. The molecular formula is C6H13O8P. The summed E-state index contributed by atoms with van der Waals surface area (Å²) in [5.74, 6) is 0. The molecule has 1 aliphatic rings. The van der Waals surface area contributed by atoms with Crippen molar-refractivity contribution in [2.75, 3.05) is 6.61 Å². The molecule has 0 aliphatic carbocycles. The van der Waals surface area contributed by atoms with Crippen LogP contribution < -0.4 is 0 Å². The van der Waals surface area contributed by atoms with Gasteiger partial charge >= 0.3 is 7.82 Å². The van der Waals surface area contributed by atoms with Gasteiger partial charge in [0.05, 0.1) is 18.8 Å². The molecule has 0 radical (unpaired) electrons. The van der Waals surface area contributed by atoms with E-state index in [2.05, 4.69) is 4.52 Å². The summed E-state index contributed by atoms with van der Waals surface area (Å²) < 4.78 is 19.4. The number of hydrogen-bond acceptors (Lipinski definition) is 6.